The van der Waals surface area contributed by atoms with Gasteiger partial charge in [-0.1, -0.05) is 33.6 Å². The van der Waals surface area contributed by atoms with E-state index in [0.717, 1.165) is 15.6 Å². The van der Waals surface area contributed by atoms with Gasteiger partial charge in [0.1, 0.15) is 11.5 Å². The van der Waals surface area contributed by atoms with Crippen molar-refractivity contribution < 1.29 is 9.47 Å². The zero-order valence-corrected chi connectivity index (χ0v) is 14.5. The summed E-state index contributed by atoms with van der Waals surface area (Å²) in [5.41, 5.74) is 7.45. The molecular weight excluding hydrogens is 354 g/mol. The van der Waals surface area contributed by atoms with Crippen molar-refractivity contribution in [3.8, 4) is 11.5 Å². The van der Waals surface area contributed by atoms with E-state index in [-0.39, 0.29) is 0 Å². The largest absolute Gasteiger partial charge is 0.497 e. The second-order valence-electron chi connectivity index (χ2n) is 4.89. The predicted molar refractivity (Wildman–Crippen MR) is 89.3 cm³/mol. The summed E-state index contributed by atoms with van der Waals surface area (Å²) in [4.78, 5) is 0. The van der Waals surface area contributed by atoms with Gasteiger partial charge in [-0.05, 0) is 36.8 Å². The lowest BCUT2D eigenvalue weighted by molar-refractivity contribution is 0.384. The number of nitrogens with two attached hydrogens (primary N) is 1. The van der Waals surface area contributed by atoms with E-state index in [1.807, 2.05) is 43.3 Å². The predicted octanol–water partition coefficient (Wildman–Crippen LogP) is 4.34. The Bertz CT molecular complexity index is 659. The first-order valence-electron chi connectivity index (χ1n) is 6.37. The fraction of sp³-hybridized carbons (Fsp3) is 0.250. The van der Waals surface area contributed by atoms with Crippen molar-refractivity contribution >= 4 is 27.5 Å². The number of methoxy groups -OCH3 is 2. The van der Waals surface area contributed by atoms with Crippen molar-refractivity contribution in [2.75, 3.05) is 14.2 Å². The smallest absolute Gasteiger partial charge is 0.127 e. The van der Waals surface area contributed by atoms with Crippen LogP contribution in [0.1, 0.15) is 18.1 Å². The fourth-order valence-electron chi connectivity index (χ4n) is 2.28. The molecule has 0 saturated carbocycles. The minimum atomic E-state index is -0.782. The number of hydrogen-bond donors (Lipinski definition) is 1. The molecule has 0 fully saturated rings. The monoisotopic (exact) mass is 369 g/mol. The van der Waals surface area contributed by atoms with Crippen LogP contribution in [-0.2, 0) is 5.54 Å². The molecule has 2 rings (SSSR count). The molecule has 0 amide bonds. The molecule has 2 N–H and O–H groups in total. The first-order chi connectivity index (χ1) is 9.90. The van der Waals surface area contributed by atoms with Crippen molar-refractivity contribution in [2.24, 2.45) is 5.73 Å². The molecule has 0 aromatic heterocycles. The van der Waals surface area contributed by atoms with E-state index in [0.29, 0.717) is 16.5 Å². The molecule has 5 heteroatoms. The Morgan fingerprint density at radius 1 is 1.05 bits per heavy atom. The molecule has 2 aromatic rings. The first-order valence-corrected chi connectivity index (χ1v) is 7.54. The molecule has 0 heterocycles. The van der Waals surface area contributed by atoms with Gasteiger partial charge in [0.2, 0.25) is 0 Å². The summed E-state index contributed by atoms with van der Waals surface area (Å²) in [5.74, 6) is 1.38. The fourth-order valence-corrected chi connectivity index (χ4v) is 3.15. The van der Waals surface area contributed by atoms with Crippen LogP contribution in [0.25, 0.3) is 0 Å². The molecule has 1 unspecified atom stereocenters. The molecule has 3 nitrogen and oxygen atoms in total. The minimum absolute atomic E-state index is 0.604. The highest BCUT2D eigenvalue weighted by atomic mass is 79.9. The summed E-state index contributed by atoms with van der Waals surface area (Å²) < 4.78 is 11.6. The number of ether oxygens (including phenoxy) is 2. The van der Waals surface area contributed by atoms with Gasteiger partial charge in [-0.15, -0.1) is 0 Å². The zero-order valence-electron chi connectivity index (χ0n) is 12.1. The molecule has 0 aliphatic rings. The van der Waals surface area contributed by atoms with Crippen molar-refractivity contribution in [1.82, 2.24) is 0 Å². The topological polar surface area (TPSA) is 44.5 Å². The number of benzene rings is 2. The molecule has 0 radical (unpaired) electrons. The van der Waals surface area contributed by atoms with E-state index < -0.39 is 5.54 Å². The highest BCUT2D eigenvalue weighted by Gasteiger charge is 2.29. The lowest BCUT2D eigenvalue weighted by Gasteiger charge is -2.29. The van der Waals surface area contributed by atoms with Crippen molar-refractivity contribution in [2.45, 2.75) is 12.5 Å². The maximum absolute atomic E-state index is 6.56. The van der Waals surface area contributed by atoms with Gasteiger partial charge >= 0.3 is 0 Å². The van der Waals surface area contributed by atoms with Crippen LogP contribution in [0.2, 0.25) is 5.02 Å². The summed E-state index contributed by atoms with van der Waals surface area (Å²) >= 11 is 9.74. The third-order valence-corrected chi connectivity index (χ3v) is 4.26. The van der Waals surface area contributed by atoms with Crippen LogP contribution in [0.5, 0.6) is 11.5 Å². The summed E-state index contributed by atoms with van der Waals surface area (Å²) in [6.07, 6.45) is 0. The molecule has 21 heavy (non-hydrogen) atoms. The number of rotatable bonds is 4. The standard InChI is InChI=1S/C16H17BrClNO2/c1-16(19,12-6-4-10(17)8-14(12)18)13-7-5-11(20-2)9-15(13)21-3/h4-9H,19H2,1-3H3. The lowest BCUT2D eigenvalue weighted by Crippen LogP contribution is -2.35. The average molecular weight is 371 g/mol. The minimum Gasteiger partial charge on any atom is -0.497 e. The van der Waals surface area contributed by atoms with Crippen molar-refractivity contribution in [1.29, 1.82) is 0 Å². The summed E-state index contributed by atoms with van der Waals surface area (Å²) in [6, 6.07) is 11.2. The Labute approximate surface area is 138 Å². The number of hydrogen-bond acceptors (Lipinski definition) is 3. The van der Waals surface area contributed by atoms with Crippen LogP contribution in [0, 0.1) is 0 Å². The Balaban J connectivity index is 2.57. The maximum atomic E-state index is 6.56. The van der Waals surface area contributed by atoms with Gasteiger partial charge in [-0.25, -0.2) is 0 Å². The molecule has 0 saturated heterocycles. The van der Waals surface area contributed by atoms with E-state index in [9.17, 15) is 0 Å². The third kappa shape index (κ3) is 3.18. The normalized spacial score (nSPS) is 13.6. The van der Waals surface area contributed by atoms with Crippen molar-refractivity contribution in [3.05, 3.63) is 57.0 Å². The van der Waals surface area contributed by atoms with Crippen LogP contribution >= 0.6 is 27.5 Å². The Morgan fingerprint density at radius 2 is 1.71 bits per heavy atom. The highest BCUT2D eigenvalue weighted by Crippen LogP contribution is 2.39. The zero-order chi connectivity index (χ0) is 15.6. The summed E-state index contributed by atoms with van der Waals surface area (Å²) in [6.45, 7) is 1.91. The average Bonchev–Trinajstić information content (AvgIpc) is 2.46. The molecule has 0 spiro atoms. The first kappa shape index (κ1) is 16.1. The van der Waals surface area contributed by atoms with Crippen LogP contribution < -0.4 is 15.2 Å². The van der Waals surface area contributed by atoms with E-state index in [2.05, 4.69) is 15.9 Å². The van der Waals surface area contributed by atoms with Gasteiger partial charge in [0.05, 0.1) is 19.8 Å². The second-order valence-corrected chi connectivity index (χ2v) is 6.22. The number of halogens is 2. The van der Waals surface area contributed by atoms with Crippen LogP contribution in [0.15, 0.2) is 40.9 Å². The maximum Gasteiger partial charge on any atom is 0.127 e. The Morgan fingerprint density at radius 3 is 2.29 bits per heavy atom. The summed E-state index contributed by atoms with van der Waals surface area (Å²) in [5, 5.41) is 0.604. The Kier molecular flexibility index (Phi) is 4.81. The van der Waals surface area contributed by atoms with Gasteiger partial charge in [-0.2, -0.15) is 0 Å². The van der Waals surface area contributed by atoms with E-state index in [1.54, 1.807) is 14.2 Å². The SMILES string of the molecule is COc1ccc(C(C)(N)c2ccc(Br)cc2Cl)c(OC)c1. The molecular formula is C16H17BrClNO2. The van der Waals surface area contributed by atoms with Gasteiger partial charge in [0.25, 0.3) is 0 Å². The molecule has 112 valence electrons. The summed E-state index contributed by atoms with van der Waals surface area (Å²) in [7, 11) is 3.22. The van der Waals surface area contributed by atoms with Crippen LogP contribution in [0.3, 0.4) is 0 Å². The van der Waals surface area contributed by atoms with Crippen molar-refractivity contribution in [3.63, 3.8) is 0 Å². The van der Waals surface area contributed by atoms with E-state index in [1.165, 1.54) is 0 Å². The van der Waals surface area contributed by atoms with Crippen LogP contribution in [-0.4, -0.2) is 14.2 Å². The van der Waals surface area contributed by atoms with Gasteiger partial charge < -0.3 is 15.2 Å². The third-order valence-electron chi connectivity index (χ3n) is 3.46. The lowest BCUT2D eigenvalue weighted by atomic mass is 9.85. The van der Waals surface area contributed by atoms with Gasteiger partial charge in [0.15, 0.2) is 0 Å². The van der Waals surface area contributed by atoms with E-state index >= 15 is 0 Å². The van der Waals surface area contributed by atoms with Gasteiger partial charge in [-0.3, -0.25) is 0 Å². The highest BCUT2D eigenvalue weighted by molar-refractivity contribution is 9.10. The Hall–Kier alpha value is -1.23. The molecule has 1 atom stereocenters. The molecule has 0 bridgehead atoms. The quantitative estimate of drug-likeness (QED) is 0.870. The van der Waals surface area contributed by atoms with Gasteiger partial charge in [0, 0.05) is 21.1 Å². The molecule has 2 aromatic carbocycles. The molecule has 0 aliphatic carbocycles. The molecule has 0 aliphatic heterocycles. The second kappa shape index (κ2) is 6.26. The van der Waals surface area contributed by atoms with Crippen LogP contribution in [0.4, 0.5) is 0 Å². The van der Waals surface area contributed by atoms with E-state index in [4.69, 9.17) is 26.8 Å².